The molecule has 2 N–H and O–H groups in total. The van der Waals surface area contributed by atoms with Gasteiger partial charge in [0.25, 0.3) is 0 Å². The Balaban J connectivity index is 1.97. The van der Waals surface area contributed by atoms with E-state index in [4.69, 9.17) is 28.9 Å². The minimum atomic E-state index is -0.179. The fourth-order valence-electron chi connectivity index (χ4n) is 2.62. The van der Waals surface area contributed by atoms with Gasteiger partial charge in [0.05, 0.1) is 10.0 Å². The largest absolute Gasteiger partial charge is 0.324 e. The summed E-state index contributed by atoms with van der Waals surface area (Å²) in [4.78, 5) is 0. The van der Waals surface area contributed by atoms with Gasteiger partial charge in [-0.05, 0) is 34.4 Å². The molecule has 106 valence electrons. The van der Waals surface area contributed by atoms with Crippen LogP contribution in [-0.4, -0.2) is 0 Å². The van der Waals surface area contributed by atoms with Crippen LogP contribution in [0.3, 0.4) is 0 Å². The lowest BCUT2D eigenvalue weighted by Gasteiger charge is -2.16. The van der Waals surface area contributed by atoms with Crippen LogP contribution in [0, 0.1) is 0 Å². The minimum Gasteiger partial charge on any atom is -0.324 e. The van der Waals surface area contributed by atoms with E-state index < -0.39 is 0 Å². The van der Waals surface area contributed by atoms with E-state index in [1.165, 1.54) is 16.3 Å². The van der Waals surface area contributed by atoms with Gasteiger partial charge in [0, 0.05) is 6.04 Å². The van der Waals surface area contributed by atoms with Crippen molar-refractivity contribution >= 4 is 34.0 Å². The molecule has 0 saturated carbocycles. The fourth-order valence-corrected chi connectivity index (χ4v) is 3.07. The molecule has 0 aromatic heterocycles. The SMILES string of the molecule is NC(Cc1cccc2ccccc12)c1cccc(Cl)c1Cl. The van der Waals surface area contributed by atoms with Gasteiger partial charge in [0.15, 0.2) is 0 Å². The molecule has 3 aromatic rings. The second kappa shape index (κ2) is 6.07. The highest BCUT2D eigenvalue weighted by molar-refractivity contribution is 6.42. The summed E-state index contributed by atoms with van der Waals surface area (Å²) in [5.74, 6) is 0. The zero-order valence-electron chi connectivity index (χ0n) is 11.4. The molecule has 0 spiro atoms. The summed E-state index contributed by atoms with van der Waals surface area (Å²) in [6.45, 7) is 0. The van der Waals surface area contributed by atoms with Crippen LogP contribution in [0.15, 0.2) is 60.7 Å². The molecular formula is C18H15Cl2N. The summed E-state index contributed by atoms with van der Waals surface area (Å²) in [7, 11) is 0. The number of fused-ring (bicyclic) bond motifs is 1. The summed E-state index contributed by atoms with van der Waals surface area (Å²) in [5.41, 5.74) is 8.45. The Kier molecular flexibility index (Phi) is 4.16. The van der Waals surface area contributed by atoms with Gasteiger partial charge >= 0.3 is 0 Å². The molecule has 0 aliphatic heterocycles. The number of rotatable bonds is 3. The predicted molar refractivity (Wildman–Crippen MR) is 91.0 cm³/mol. The second-order valence-electron chi connectivity index (χ2n) is 5.09. The van der Waals surface area contributed by atoms with Gasteiger partial charge in [0.1, 0.15) is 0 Å². The number of hydrogen-bond donors (Lipinski definition) is 1. The average Bonchev–Trinajstić information content (AvgIpc) is 2.50. The molecule has 0 aliphatic rings. The lowest BCUT2D eigenvalue weighted by Crippen LogP contribution is -2.14. The number of nitrogens with two attached hydrogens (primary N) is 1. The molecule has 3 heteroatoms. The first-order chi connectivity index (χ1) is 10.2. The van der Waals surface area contributed by atoms with Crippen molar-refractivity contribution in [1.82, 2.24) is 0 Å². The van der Waals surface area contributed by atoms with Crippen LogP contribution in [0.2, 0.25) is 10.0 Å². The Labute approximate surface area is 134 Å². The summed E-state index contributed by atoms with van der Waals surface area (Å²) in [6.07, 6.45) is 0.724. The van der Waals surface area contributed by atoms with Gasteiger partial charge in [0.2, 0.25) is 0 Å². The van der Waals surface area contributed by atoms with Crippen LogP contribution in [0.5, 0.6) is 0 Å². The smallest absolute Gasteiger partial charge is 0.0640 e. The van der Waals surface area contributed by atoms with E-state index >= 15 is 0 Å². The summed E-state index contributed by atoms with van der Waals surface area (Å²) in [6, 6.07) is 20.0. The maximum Gasteiger partial charge on any atom is 0.0640 e. The van der Waals surface area contributed by atoms with Crippen molar-refractivity contribution in [3.8, 4) is 0 Å². The highest BCUT2D eigenvalue weighted by Crippen LogP contribution is 2.31. The van der Waals surface area contributed by atoms with Gasteiger partial charge in [-0.2, -0.15) is 0 Å². The minimum absolute atomic E-state index is 0.179. The van der Waals surface area contributed by atoms with E-state index in [9.17, 15) is 0 Å². The van der Waals surface area contributed by atoms with Crippen LogP contribution in [-0.2, 0) is 6.42 Å². The van der Waals surface area contributed by atoms with Gasteiger partial charge in [-0.1, -0.05) is 77.8 Å². The molecule has 0 saturated heterocycles. The van der Waals surface area contributed by atoms with Crippen LogP contribution in [0.1, 0.15) is 17.2 Å². The molecule has 1 nitrogen and oxygen atoms in total. The molecule has 0 heterocycles. The van der Waals surface area contributed by atoms with Crippen molar-refractivity contribution in [3.63, 3.8) is 0 Å². The van der Waals surface area contributed by atoms with Gasteiger partial charge in [-0.3, -0.25) is 0 Å². The molecule has 0 bridgehead atoms. The normalized spacial score (nSPS) is 12.5. The van der Waals surface area contributed by atoms with E-state index in [-0.39, 0.29) is 6.04 Å². The van der Waals surface area contributed by atoms with Crippen LogP contribution >= 0.6 is 23.2 Å². The quantitative estimate of drug-likeness (QED) is 0.689. The molecule has 21 heavy (non-hydrogen) atoms. The topological polar surface area (TPSA) is 26.0 Å². The molecule has 1 atom stereocenters. The van der Waals surface area contributed by atoms with E-state index in [0.717, 1.165) is 12.0 Å². The highest BCUT2D eigenvalue weighted by atomic mass is 35.5. The van der Waals surface area contributed by atoms with E-state index in [1.807, 2.05) is 24.3 Å². The van der Waals surface area contributed by atoms with Crippen LogP contribution in [0.4, 0.5) is 0 Å². The van der Waals surface area contributed by atoms with Crippen molar-refractivity contribution in [2.75, 3.05) is 0 Å². The van der Waals surface area contributed by atoms with E-state index in [1.54, 1.807) is 6.07 Å². The zero-order valence-corrected chi connectivity index (χ0v) is 12.9. The third kappa shape index (κ3) is 2.91. The predicted octanol–water partition coefficient (Wildman–Crippen LogP) is 5.39. The van der Waals surface area contributed by atoms with Crippen molar-refractivity contribution < 1.29 is 0 Å². The summed E-state index contributed by atoms with van der Waals surface area (Å²) < 4.78 is 0. The average molecular weight is 316 g/mol. The molecule has 0 fully saturated rings. The summed E-state index contributed by atoms with van der Waals surface area (Å²) >= 11 is 12.3. The Bertz CT molecular complexity index is 778. The Morgan fingerprint density at radius 3 is 2.43 bits per heavy atom. The third-order valence-corrected chi connectivity index (χ3v) is 4.53. The maximum absolute atomic E-state index is 6.34. The van der Waals surface area contributed by atoms with E-state index in [2.05, 4.69) is 30.3 Å². The number of benzene rings is 3. The van der Waals surface area contributed by atoms with Gasteiger partial charge in [-0.15, -0.1) is 0 Å². The third-order valence-electron chi connectivity index (χ3n) is 3.70. The molecule has 0 amide bonds. The molecule has 3 aromatic carbocycles. The van der Waals surface area contributed by atoms with E-state index in [0.29, 0.717) is 10.0 Å². The van der Waals surface area contributed by atoms with Gasteiger partial charge < -0.3 is 5.73 Å². The van der Waals surface area contributed by atoms with Crippen molar-refractivity contribution in [2.45, 2.75) is 12.5 Å². The monoisotopic (exact) mass is 315 g/mol. The zero-order chi connectivity index (χ0) is 14.8. The highest BCUT2D eigenvalue weighted by Gasteiger charge is 2.14. The summed E-state index contributed by atoms with van der Waals surface area (Å²) in [5, 5.41) is 3.54. The van der Waals surface area contributed by atoms with Crippen molar-refractivity contribution in [2.24, 2.45) is 5.73 Å². The molecule has 0 aliphatic carbocycles. The second-order valence-corrected chi connectivity index (χ2v) is 5.88. The molecule has 0 radical (unpaired) electrons. The number of hydrogen-bond acceptors (Lipinski definition) is 1. The Morgan fingerprint density at radius 2 is 1.57 bits per heavy atom. The lowest BCUT2D eigenvalue weighted by atomic mass is 9.95. The Hall–Kier alpha value is -1.54. The fraction of sp³-hybridized carbons (Fsp3) is 0.111. The molecular weight excluding hydrogens is 301 g/mol. The first kappa shape index (κ1) is 14.4. The molecule has 3 rings (SSSR count). The first-order valence-electron chi connectivity index (χ1n) is 6.83. The first-order valence-corrected chi connectivity index (χ1v) is 7.58. The van der Waals surface area contributed by atoms with Crippen LogP contribution in [0.25, 0.3) is 10.8 Å². The maximum atomic E-state index is 6.34. The van der Waals surface area contributed by atoms with Crippen molar-refractivity contribution in [1.29, 1.82) is 0 Å². The van der Waals surface area contributed by atoms with Crippen molar-refractivity contribution in [3.05, 3.63) is 81.8 Å². The Morgan fingerprint density at radius 1 is 0.857 bits per heavy atom. The molecule has 1 unspecified atom stereocenters. The van der Waals surface area contributed by atoms with Crippen LogP contribution < -0.4 is 5.73 Å². The van der Waals surface area contributed by atoms with Gasteiger partial charge in [-0.25, -0.2) is 0 Å². The number of halogens is 2. The standard InChI is InChI=1S/C18H15Cl2N/c19-16-10-4-9-15(18(16)20)17(21)11-13-7-3-6-12-5-1-2-8-14(12)13/h1-10,17H,11,21H2. The lowest BCUT2D eigenvalue weighted by molar-refractivity contribution is 0.726.